The Kier molecular flexibility index (Phi) is 5.08. The van der Waals surface area contributed by atoms with E-state index in [9.17, 15) is 19.5 Å². The van der Waals surface area contributed by atoms with E-state index in [1.54, 1.807) is 36.7 Å². The third-order valence-electron chi connectivity index (χ3n) is 4.50. The first-order chi connectivity index (χ1) is 13.4. The molecule has 0 spiro atoms. The Balaban J connectivity index is 2.18. The first-order valence-electron chi connectivity index (χ1n) is 8.31. The van der Waals surface area contributed by atoms with E-state index in [4.69, 9.17) is 9.47 Å². The van der Waals surface area contributed by atoms with Gasteiger partial charge in [-0.1, -0.05) is 12.1 Å². The third-order valence-corrected chi connectivity index (χ3v) is 4.50. The molecular formula is C21H17NO6. The second kappa shape index (κ2) is 7.48. The summed E-state index contributed by atoms with van der Waals surface area (Å²) in [4.78, 5) is 41.2. The summed E-state index contributed by atoms with van der Waals surface area (Å²) in [5, 5.41) is 9.67. The molecule has 1 heterocycles. The van der Waals surface area contributed by atoms with Crippen molar-refractivity contribution in [1.29, 1.82) is 0 Å². The van der Waals surface area contributed by atoms with E-state index in [1.807, 2.05) is 0 Å². The lowest BCUT2D eigenvalue weighted by Crippen LogP contribution is -2.24. The number of carboxylic acids is 1. The monoisotopic (exact) mass is 379 g/mol. The molecule has 28 heavy (non-hydrogen) atoms. The maximum Gasteiger partial charge on any atom is 0.336 e. The number of benzene rings is 1. The second-order valence-electron chi connectivity index (χ2n) is 6.03. The normalized spacial score (nSPS) is 14.4. The van der Waals surface area contributed by atoms with Crippen molar-refractivity contribution in [2.45, 2.75) is 6.92 Å². The predicted octanol–water partition coefficient (Wildman–Crippen LogP) is 2.88. The molecule has 142 valence electrons. The molecule has 0 unspecified atom stereocenters. The average Bonchev–Trinajstić information content (AvgIpc) is 2.71. The number of carbonyl (C=O) groups is 3. The molecule has 1 aliphatic carbocycles. The van der Waals surface area contributed by atoms with E-state index < -0.39 is 17.5 Å². The number of carbonyl (C=O) groups excluding carboxylic acids is 2. The lowest BCUT2D eigenvalue weighted by atomic mass is 9.86. The number of aromatic carboxylic acids is 1. The van der Waals surface area contributed by atoms with Crippen LogP contribution in [0.4, 0.5) is 0 Å². The fraction of sp³-hybridized carbons (Fsp3) is 0.143. The van der Waals surface area contributed by atoms with Crippen molar-refractivity contribution in [3.05, 3.63) is 70.9 Å². The quantitative estimate of drug-likeness (QED) is 0.797. The molecule has 1 aliphatic rings. The Hall–Kier alpha value is -3.74. The Labute approximate surface area is 160 Å². The van der Waals surface area contributed by atoms with Crippen molar-refractivity contribution in [2.24, 2.45) is 0 Å². The highest BCUT2D eigenvalue weighted by Crippen LogP contribution is 2.34. The van der Waals surface area contributed by atoms with E-state index in [1.165, 1.54) is 27.2 Å². The van der Waals surface area contributed by atoms with Crippen molar-refractivity contribution < 1.29 is 29.0 Å². The van der Waals surface area contributed by atoms with E-state index in [-0.39, 0.29) is 28.2 Å². The summed E-state index contributed by atoms with van der Waals surface area (Å²) in [6.45, 7) is 1.50. The standard InChI is InChI=1S/C21H17NO6/c1-11-16(18(24)20(28-3)19(27-2)17(11)23)13-4-5-14(15(10-13)21(25)26)12-6-8-22-9-7-12/h4-10H,1-3H3,(H,25,26). The number of hydrogen-bond acceptors (Lipinski definition) is 6. The smallest absolute Gasteiger partial charge is 0.336 e. The van der Waals surface area contributed by atoms with E-state index in [0.29, 0.717) is 16.7 Å². The number of Topliss-reactive ketones (excluding diaryl/α,β-unsaturated/α-hetero) is 2. The molecule has 0 amide bonds. The highest BCUT2D eigenvalue weighted by atomic mass is 16.5. The van der Waals surface area contributed by atoms with Gasteiger partial charge >= 0.3 is 5.97 Å². The van der Waals surface area contributed by atoms with Crippen LogP contribution in [-0.4, -0.2) is 41.8 Å². The van der Waals surface area contributed by atoms with Crippen molar-refractivity contribution in [2.75, 3.05) is 14.2 Å². The number of ketones is 2. The van der Waals surface area contributed by atoms with Crippen molar-refractivity contribution in [1.82, 2.24) is 4.98 Å². The van der Waals surface area contributed by atoms with Gasteiger partial charge in [-0.25, -0.2) is 4.79 Å². The highest BCUT2D eigenvalue weighted by Gasteiger charge is 2.35. The summed E-state index contributed by atoms with van der Waals surface area (Å²) < 4.78 is 10.1. The number of ether oxygens (including phenoxy) is 2. The zero-order valence-corrected chi connectivity index (χ0v) is 15.5. The lowest BCUT2D eigenvalue weighted by molar-refractivity contribution is -0.119. The van der Waals surface area contributed by atoms with Crippen LogP contribution in [-0.2, 0) is 19.1 Å². The van der Waals surface area contributed by atoms with Gasteiger partial charge in [0.25, 0.3) is 0 Å². The van der Waals surface area contributed by atoms with Crippen molar-refractivity contribution in [3.63, 3.8) is 0 Å². The lowest BCUT2D eigenvalue weighted by Gasteiger charge is -2.21. The van der Waals surface area contributed by atoms with Gasteiger partial charge in [0, 0.05) is 23.5 Å². The number of rotatable bonds is 5. The SMILES string of the molecule is COC1=C(OC)C(=O)C(c2ccc(-c3ccncc3)c(C(=O)O)c2)=C(C)C1=O. The molecule has 0 bridgehead atoms. The van der Waals surface area contributed by atoms with Gasteiger partial charge in [-0.15, -0.1) is 0 Å². The maximum atomic E-state index is 12.9. The third kappa shape index (κ3) is 3.07. The molecule has 7 nitrogen and oxygen atoms in total. The number of allylic oxidation sites excluding steroid dienone is 2. The molecule has 0 fully saturated rings. The molecule has 0 radical (unpaired) electrons. The molecule has 1 aromatic heterocycles. The summed E-state index contributed by atoms with van der Waals surface area (Å²) in [6.07, 6.45) is 3.12. The number of aromatic nitrogens is 1. The largest absolute Gasteiger partial charge is 0.489 e. The number of pyridine rings is 1. The first kappa shape index (κ1) is 19.0. The molecule has 0 aliphatic heterocycles. The van der Waals surface area contributed by atoms with Crippen LogP contribution < -0.4 is 0 Å². The average molecular weight is 379 g/mol. The molecule has 0 atom stereocenters. The van der Waals surface area contributed by atoms with Gasteiger partial charge in [0.1, 0.15) is 0 Å². The minimum absolute atomic E-state index is 0.00438. The van der Waals surface area contributed by atoms with Crippen LogP contribution in [0, 0.1) is 0 Å². The Bertz CT molecular complexity index is 1050. The zero-order chi connectivity index (χ0) is 20.4. The van der Waals surface area contributed by atoms with Crippen LogP contribution in [0.2, 0.25) is 0 Å². The van der Waals surface area contributed by atoms with Gasteiger partial charge in [-0.2, -0.15) is 0 Å². The fourth-order valence-electron chi connectivity index (χ4n) is 3.15. The van der Waals surface area contributed by atoms with Crippen LogP contribution in [0.25, 0.3) is 16.7 Å². The second-order valence-corrected chi connectivity index (χ2v) is 6.03. The van der Waals surface area contributed by atoms with E-state index >= 15 is 0 Å². The summed E-state index contributed by atoms with van der Waals surface area (Å²) in [5.41, 5.74) is 1.73. The number of hydrogen-bond donors (Lipinski definition) is 1. The zero-order valence-electron chi connectivity index (χ0n) is 15.5. The molecule has 1 aromatic carbocycles. The van der Waals surface area contributed by atoms with Gasteiger partial charge in [0.15, 0.2) is 0 Å². The van der Waals surface area contributed by atoms with Crippen molar-refractivity contribution >= 4 is 23.1 Å². The highest BCUT2D eigenvalue weighted by molar-refractivity contribution is 6.38. The molecule has 3 rings (SSSR count). The Morgan fingerprint density at radius 2 is 1.54 bits per heavy atom. The van der Waals surface area contributed by atoms with Crippen LogP contribution in [0.3, 0.4) is 0 Å². The topological polar surface area (TPSA) is 103 Å². The first-order valence-corrected chi connectivity index (χ1v) is 8.31. The Morgan fingerprint density at radius 3 is 2.11 bits per heavy atom. The molecule has 2 aromatic rings. The fourth-order valence-corrected chi connectivity index (χ4v) is 3.15. The molecule has 0 saturated heterocycles. The summed E-state index contributed by atoms with van der Waals surface area (Å²) in [7, 11) is 2.55. The van der Waals surface area contributed by atoms with Crippen LogP contribution in [0.5, 0.6) is 0 Å². The Morgan fingerprint density at radius 1 is 0.929 bits per heavy atom. The summed E-state index contributed by atoms with van der Waals surface area (Å²) >= 11 is 0. The van der Waals surface area contributed by atoms with Gasteiger partial charge in [-0.05, 0) is 41.8 Å². The van der Waals surface area contributed by atoms with Crippen LogP contribution >= 0.6 is 0 Å². The minimum Gasteiger partial charge on any atom is -0.489 e. The number of nitrogens with zero attached hydrogens (tertiary/aromatic N) is 1. The van der Waals surface area contributed by atoms with E-state index in [0.717, 1.165) is 0 Å². The summed E-state index contributed by atoms with van der Waals surface area (Å²) in [5.74, 6) is -2.54. The maximum absolute atomic E-state index is 12.9. The molecule has 1 N–H and O–H groups in total. The minimum atomic E-state index is -1.15. The van der Waals surface area contributed by atoms with Crippen molar-refractivity contribution in [3.8, 4) is 11.1 Å². The number of methoxy groups -OCH3 is 2. The molecule has 0 saturated carbocycles. The van der Waals surface area contributed by atoms with Gasteiger partial charge in [-0.3, -0.25) is 14.6 Å². The van der Waals surface area contributed by atoms with Gasteiger partial charge < -0.3 is 14.6 Å². The predicted molar refractivity (Wildman–Crippen MR) is 100 cm³/mol. The van der Waals surface area contributed by atoms with E-state index in [2.05, 4.69) is 4.98 Å². The van der Waals surface area contributed by atoms with Crippen LogP contribution in [0.1, 0.15) is 22.8 Å². The summed E-state index contributed by atoms with van der Waals surface area (Å²) in [6, 6.07) is 7.98. The molecular weight excluding hydrogens is 362 g/mol. The van der Waals surface area contributed by atoms with Gasteiger partial charge in [0.2, 0.25) is 23.1 Å². The number of carboxylic acid groups (broad SMARTS) is 1. The van der Waals surface area contributed by atoms with Crippen LogP contribution in [0.15, 0.2) is 59.8 Å². The van der Waals surface area contributed by atoms with Gasteiger partial charge in [0.05, 0.1) is 19.8 Å². The molecule has 7 heteroatoms.